The summed E-state index contributed by atoms with van der Waals surface area (Å²) in [6.45, 7) is 3.46. The SMILES string of the molecule is CC1CSCCN1C1CCCC1O. The van der Waals surface area contributed by atoms with Crippen molar-refractivity contribution >= 4 is 11.8 Å². The molecule has 0 radical (unpaired) electrons. The van der Waals surface area contributed by atoms with Gasteiger partial charge in [-0.3, -0.25) is 4.90 Å². The van der Waals surface area contributed by atoms with Crippen LogP contribution in [-0.2, 0) is 0 Å². The molecule has 0 bridgehead atoms. The Morgan fingerprint density at radius 1 is 1.38 bits per heavy atom. The van der Waals surface area contributed by atoms with E-state index in [1.54, 1.807) is 0 Å². The van der Waals surface area contributed by atoms with Gasteiger partial charge in [0, 0.05) is 30.1 Å². The first kappa shape index (κ1) is 9.81. The summed E-state index contributed by atoms with van der Waals surface area (Å²) in [6, 6.07) is 1.13. The first-order valence-corrected chi connectivity index (χ1v) is 6.46. The number of hydrogen-bond acceptors (Lipinski definition) is 3. The number of aliphatic hydroxyl groups is 1. The van der Waals surface area contributed by atoms with Gasteiger partial charge in [-0.05, 0) is 26.2 Å². The Kier molecular flexibility index (Phi) is 3.17. The minimum atomic E-state index is -0.0504. The van der Waals surface area contributed by atoms with E-state index in [1.165, 1.54) is 30.9 Å². The molecule has 2 fully saturated rings. The summed E-state index contributed by atoms with van der Waals surface area (Å²) in [6.07, 6.45) is 3.38. The fourth-order valence-electron chi connectivity index (χ4n) is 2.54. The monoisotopic (exact) mass is 201 g/mol. The fraction of sp³-hybridized carbons (Fsp3) is 1.00. The zero-order valence-corrected chi connectivity index (χ0v) is 9.09. The highest BCUT2D eigenvalue weighted by atomic mass is 32.2. The van der Waals surface area contributed by atoms with E-state index in [0.29, 0.717) is 12.1 Å². The molecule has 0 aromatic heterocycles. The van der Waals surface area contributed by atoms with Gasteiger partial charge >= 0.3 is 0 Å². The van der Waals surface area contributed by atoms with E-state index < -0.39 is 0 Å². The summed E-state index contributed by atoms with van der Waals surface area (Å²) >= 11 is 2.04. The highest BCUT2D eigenvalue weighted by Gasteiger charge is 2.34. The predicted octanol–water partition coefficient (Wildman–Crippen LogP) is 1.34. The quantitative estimate of drug-likeness (QED) is 0.692. The van der Waals surface area contributed by atoms with Gasteiger partial charge in [-0.1, -0.05) is 0 Å². The molecule has 2 nitrogen and oxygen atoms in total. The van der Waals surface area contributed by atoms with Gasteiger partial charge in [-0.15, -0.1) is 0 Å². The Labute approximate surface area is 84.7 Å². The van der Waals surface area contributed by atoms with Gasteiger partial charge in [0.1, 0.15) is 0 Å². The standard InChI is InChI=1S/C10H19NOS/c1-8-7-13-6-5-11(8)9-3-2-4-10(9)12/h8-10,12H,2-7H2,1H3. The highest BCUT2D eigenvalue weighted by molar-refractivity contribution is 7.99. The number of thioether (sulfide) groups is 1. The van der Waals surface area contributed by atoms with Gasteiger partial charge in [0.2, 0.25) is 0 Å². The lowest BCUT2D eigenvalue weighted by atomic mass is 10.1. The zero-order chi connectivity index (χ0) is 9.26. The molecule has 1 heterocycles. The molecule has 3 atom stereocenters. The van der Waals surface area contributed by atoms with Crippen molar-refractivity contribution in [2.24, 2.45) is 0 Å². The molecule has 0 aromatic rings. The predicted molar refractivity (Wildman–Crippen MR) is 57.1 cm³/mol. The third-order valence-corrected chi connectivity index (χ3v) is 4.48. The second-order valence-electron chi connectivity index (χ2n) is 4.23. The van der Waals surface area contributed by atoms with Crippen molar-refractivity contribution in [1.82, 2.24) is 4.90 Å². The van der Waals surface area contributed by atoms with Crippen LogP contribution in [0.1, 0.15) is 26.2 Å². The van der Waals surface area contributed by atoms with Crippen LogP contribution in [0.3, 0.4) is 0 Å². The first-order valence-electron chi connectivity index (χ1n) is 5.30. The lowest BCUT2D eigenvalue weighted by Crippen LogP contribution is -2.49. The van der Waals surface area contributed by atoms with Crippen LogP contribution in [-0.4, -0.2) is 46.2 Å². The van der Waals surface area contributed by atoms with Crippen molar-refractivity contribution < 1.29 is 5.11 Å². The molecule has 1 aliphatic carbocycles. The Morgan fingerprint density at radius 2 is 2.23 bits per heavy atom. The lowest BCUT2D eigenvalue weighted by molar-refractivity contribution is 0.0554. The Balaban J connectivity index is 1.97. The van der Waals surface area contributed by atoms with Crippen LogP contribution in [0.25, 0.3) is 0 Å². The molecule has 3 heteroatoms. The van der Waals surface area contributed by atoms with E-state index in [1.807, 2.05) is 11.8 Å². The van der Waals surface area contributed by atoms with Crippen molar-refractivity contribution in [2.75, 3.05) is 18.1 Å². The van der Waals surface area contributed by atoms with Gasteiger partial charge in [0.05, 0.1) is 6.10 Å². The van der Waals surface area contributed by atoms with Gasteiger partial charge < -0.3 is 5.11 Å². The topological polar surface area (TPSA) is 23.5 Å². The van der Waals surface area contributed by atoms with Crippen LogP contribution in [0.2, 0.25) is 0 Å². The summed E-state index contributed by atoms with van der Waals surface area (Å²) in [5, 5.41) is 9.81. The molecule has 1 saturated heterocycles. The van der Waals surface area contributed by atoms with Gasteiger partial charge in [-0.2, -0.15) is 11.8 Å². The first-order chi connectivity index (χ1) is 6.29. The maximum atomic E-state index is 9.81. The molecule has 3 unspecified atom stereocenters. The largest absolute Gasteiger partial charge is 0.391 e. The molecule has 1 saturated carbocycles. The second kappa shape index (κ2) is 4.20. The molecule has 0 spiro atoms. The van der Waals surface area contributed by atoms with E-state index in [2.05, 4.69) is 11.8 Å². The molecular weight excluding hydrogens is 182 g/mol. The van der Waals surface area contributed by atoms with Crippen molar-refractivity contribution in [3.63, 3.8) is 0 Å². The molecule has 1 aliphatic heterocycles. The molecule has 13 heavy (non-hydrogen) atoms. The summed E-state index contributed by atoms with van der Waals surface area (Å²) < 4.78 is 0. The van der Waals surface area contributed by atoms with Crippen LogP contribution < -0.4 is 0 Å². The molecule has 76 valence electrons. The van der Waals surface area contributed by atoms with E-state index in [9.17, 15) is 5.11 Å². The Hall–Kier alpha value is 0.270. The molecule has 2 aliphatic rings. The number of hydrogen-bond donors (Lipinski definition) is 1. The van der Waals surface area contributed by atoms with Crippen LogP contribution >= 0.6 is 11.8 Å². The van der Waals surface area contributed by atoms with Crippen molar-refractivity contribution in [3.05, 3.63) is 0 Å². The van der Waals surface area contributed by atoms with Crippen molar-refractivity contribution in [2.45, 2.75) is 44.4 Å². The third kappa shape index (κ3) is 2.03. The van der Waals surface area contributed by atoms with E-state index in [-0.39, 0.29) is 6.10 Å². The second-order valence-corrected chi connectivity index (χ2v) is 5.38. The maximum Gasteiger partial charge on any atom is 0.0695 e. The molecular formula is C10H19NOS. The summed E-state index contributed by atoms with van der Waals surface area (Å²) in [4.78, 5) is 2.52. The zero-order valence-electron chi connectivity index (χ0n) is 8.28. The average molecular weight is 201 g/mol. The number of aliphatic hydroxyl groups excluding tert-OH is 1. The van der Waals surface area contributed by atoms with Crippen LogP contribution in [0, 0.1) is 0 Å². The minimum absolute atomic E-state index is 0.0504. The van der Waals surface area contributed by atoms with Crippen LogP contribution in [0.4, 0.5) is 0 Å². The highest BCUT2D eigenvalue weighted by Crippen LogP contribution is 2.28. The number of nitrogens with zero attached hydrogens (tertiary/aromatic N) is 1. The fourth-order valence-corrected chi connectivity index (χ4v) is 3.58. The van der Waals surface area contributed by atoms with Gasteiger partial charge in [-0.25, -0.2) is 0 Å². The molecule has 0 amide bonds. The van der Waals surface area contributed by atoms with Crippen molar-refractivity contribution in [1.29, 1.82) is 0 Å². The summed E-state index contributed by atoms with van der Waals surface area (Å²) in [7, 11) is 0. The molecule has 1 N–H and O–H groups in total. The van der Waals surface area contributed by atoms with E-state index >= 15 is 0 Å². The minimum Gasteiger partial charge on any atom is -0.391 e. The molecule has 2 rings (SSSR count). The molecule has 0 aromatic carbocycles. The van der Waals surface area contributed by atoms with Crippen molar-refractivity contribution in [3.8, 4) is 0 Å². The van der Waals surface area contributed by atoms with Crippen LogP contribution in [0.15, 0.2) is 0 Å². The van der Waals surface area contributed by atoms with Crippen LogP contribution in [0.5, 0.6) is 0 Å². The average Bonchev–Trinajstić information content (AvgIpc) is 2.52. The Morgan fingerprint density at radius 3 is 2.85 bits per heavy atom. The summed E-state index contributed by atoms with van der Waals surface area (Å²) in [5.41, 5.74) is 0. The Bertz CT molecular complexity index is 176. The van der Waals surface area contributed by atoms with E-state index in [4.69, 9.17) is 0 Å². The maximum absolute atomic E-state index is 9.81. The van der Waals surface area contributed by atoms with Gasteiger partial charge in [0.15, 0.2) is 0 Å². The smallest absolute Gasteiger partial charge is 0.0695 e. The van der Waals surface area contributed by atoms with E-state index in [0.717, 1.165) is 6.42 Å². The normalized spacial score (nSPS) is 42.5. The number of rotatable bonds is 1. The third-order valence-electron chi connectivity index (χ3n) is 3.29. The lowest BCUT2D eigenvalue weighted by Gasteiger charge is -2.39. The summed E-state index contributed by atoms with van der Waals surface area (Å²) in [5.74, 6) is 2.48. The van der Waals surface area contributed by atoms with Gasteiger partial charge in [0.25, 0.3) is 0 Å².